The van der Waals surface area contributed by atoms with Gasteiger partial charge in [-0.15, -0.1) is 0 Å². The molecule has 3 aliphatic rings. The summed E-state index contributed by atoms with van der Waals surface area (Å²) in [4.78, 5) is 2.62. The van der Waals surface area contributed by atoms with E-state index in [1.165, 1.54) is 38.9 Å². The van der Waals surface area contributed by atoms with Gasteiger partial charge in [-0.25, -0.2) is 0 Å². The van der Waals surface area contributed by atoms with Crippen LogP contribution in [0.25, 0.3) is 0 Å². The van der Waals surface area contributed by atoms with Gasteiger partial charge in [0.1, 0.15) is 0 Å². The predicted molar refractivity (Wildman–Crippen MR) is 55.5 cm³/mol. The van der Waals surface area contributed by atoms with Crippen molar-refractivity contribution in [3.05, 3.63) is 0 Å². The van der Waals surface area contributed by atoms with Gasteiger partial charge in [0.05, 0.1) is 0 Å². The van der Waals surface area contributed by atoms with Crippen molar-refractivity contribution in [1.82, 2.24) is 4.90 Å². The number of hydrogen-bond acceptors (Lipinski definition) is 2. The van der Waals surface area contributed by atoms with Gasteiger partial charge in [0.2, 0.25) is 0 Å². The molecule has 0 aliphatic carbocycles. The molecule has 2 atom stereocenters. The highest BCUT2D eigenvalue weighted by molar-refractivity contribution is 4.87. The molecule has 3 rings (SSSR count). The maximum Gasteiger partial charge on any atom is 0.00394 e. The SMILES string of the molecule is CCC(N)CC1CN2CCC1CC2. The Bertz CT molecular complexity index is 161. The van der Waals surface area contributed by atoms with Crippen molar-refractivity contribution >= 4 is 0 Å². The fourth-order valence-electron chi connectivity index (χ4n) is 2.91. The van der Waals surface area contributed by atoms with Crippen LogP contribution in [-0.2, 0) is 0 Å². The maximum absolute atomic E-state index is 6.02. The van der Waals surface area contributed by atoms with Crippen LogP contribution in [0.3, 0.4) is 0 Å². The minimum atomic E-state index is 0.450. The first-order chi connectivity index (χ1) is 6.29. The lowest BCUT2D eigenvalue weighted by molar-refractivity contribution is 0.0432. The van der Waals surface area contributed by atoms with Gasteiger partial charge in [-0.1, -0.05) is 6.92 Å². The smallest absolute Gasteiger partial charge is 0.00394 e. The molecule has 2 nitrogen and oxygen atoms in total. The summed E-state index contributed by atoms with van der Waals surface area (Å²) in [5.41, 5.74) is 6.02. The average molecular weight is 182 g/mol. The molecule has 0 aromatic carbocycles. The third-order valence-electron chi connectivity index (χ3n) is 3.92. The second-order valence-corrected chi connectivity index (χ2v) is 4.80. The second kappa shape index (κ2) is 3.97. The molecule has 76 valence electrons. The average Bonchev–Trinajstić information content (AvgIpc) is 2.19. The summed E-state index contributed by atoms with van der Waals surface area (Å²) in [6, 6.07) is 0.450. The van der Waals surface area contributed by atoms with Crippen LogP contribution in [0.1, 0.15) is 32.6 Å². The third kappa shape index (κ3) is 2.05. The Morgan fingerprint density at radius 3 is 2.54 bits per heavy atom. The third-order valence-corrected chi connectivity index (χ3v) is 3.92. The molecule has 3 saturated heterocycles. The van der Waals surface area contributed by atoms with Gasteiger partial charge in [0.25, 0.3) is 0 Å². The Morgan fingerprint density at radius 1 is 1.38 bits per heavy atom. The number of rotatable bonds is 3. The van der Waals surface area contributed by atoms with E-state index in [2.05, 4.69) is 11.8 Å². The van der Waals surface area contributed by atoms with Crippen molar-refractivity contribution in [1.29, 1.82) is 0 Å². The van der Waals surface area contributed by atoms with E-state index in [0.717, 1.165) is 18.3 Å². The first kappa shape index (κ1) is 9.47. The van der Waals surface area contributed by atoms with E-state index in [1.807, 2.05) is 0 Å². The number of nitrogens with two attached hydrogens (primary N) is 1. The normalized spacial score (nSPS) is 40.6. The Hall–Kier alpha value is -0.0800. The summed E-state index contributed by atoms with van der Waals surface area (Å²) in [6.45, 7) is 6.23. The van der Waals surface area contributed by atoms with E-state index in [0.29, 0.717) is 6.04 Å². The van der Waals surface area contributed by atoms with E-state index in [9.17, 15) is 0 Å². The van der Waals surface area contributed by atoms with Crippen LogP contribution in [0.4, 0.5) is 0 Å². The molecule has 3 heterocycles. The van der Waals surface area contributed by atoms with Crippen LogP contribution in [0.15, 0.2) is 0 Å². The molecule has 3 fully saturated rings. The highest BCUT2D eigenvalue weighted by atomic mass is 15.1. The minimum Gasteiger partial charge on any atom is -0.328 e. The summed E-state index contributed by atoms with van der Waals surface area (Å²) in [7, 11) is 0. The molecule has 0 amide bonds. The van der Waals surface area contributed by atoms with Crippen molar-refractivity contribution in [3.63, 3.8) is 0 Å². The van der Waals surface area contributed by atoms with E-state index < -0.39 is 0 Å². The molecular weight excluding hydrogens is 160 g/mol. The van der Waals surface area contributed by atoms with Gasteiger partial charge < -0.3 is 10.6 Å². The first-order valence-electron chi connectivity index (χ1n) is 5.77. The van der Waals surface area contributed by atoms with Gasteiger partial charge in [-0.05, 0) is 50.6 Å². The fourth-order valence-corrected chi connectivity index (χ4v) is 2.91. The van der Waals surface area contributed by atoms with Gasteiger partial charge in [-0.2, -0.15) is 0 Å². The Kier molecular flexibility index (Phi) is 2.89. The van der Waals surface area contributed by atoms with Crippen LogP contribution >= 0.6 is 0 Å². The van der Waals surface area contributed by atoms with Crippen molar-refractivity contribution in [2.24, 2.45) is 17.6 Å². The molecule has 0 radical (unpaired) electrons. The lowest BCUT2D eigenvalue weighted by Crippen LogP contribution is -2.48. The summed E-state index contributed by atoms with van der Waals surface area (Å²) in [5, 5.41) is 0. The van der Waals surface area contributed by atoms with Crippen molar-refractivity contribution in [2.45, 2.75) is 38.6 Å². The van der Waals surface area contributed by atoms with Gasteiger partial charge in [-0.3, -0.25) is 0 Å². The van der Waals surface area contributed by atoms with E-state index in [-0.39, 0.29) is 0 Å². The Labute approximate surface area is 81.5 Å². The molecule has 0 spiro atoms. The largest absolute Gasteiger partial charge is 0.328 e. The van der Waals surface area contributed by atoms with E-state index in [4.69, 9.17) is 5.73 Å². The Morgan fingerprint density at radius 2 is 2.08 bits per heavy atom. The van der Waals surface area contributed by atoms with Crippen molar-refractivity contribution in [2.75, 3.05) is 19.6 Å². The molecule has 2 N–H and O–H groups in total. The van der Waals surface area contributed by atoms with Crippen LogP contribution < -0.4 is 5.73 Å². The van der Waals surface area contributed by atoms with E-state index >= 15 is 0 Å². The number of piperidine rings is 3. The fraction of sp³-hybridized carbons (Fsp3) is 1.00. The molecule has 2 unspecified atom stereocenters. The highest BCUT2D eigenvalue weighted by Gasteiger charge is 2.34. The number of hydrogen-bond donors (Lipinski definition) is 1. The second-order valence-electron chi connectivity index (χ2n) is 4.80. The standard InChI is InChI=1S/C11H22N2/c1-2-11(12)7-10-8-13-5-3-9(10)4-6-13/h9-11H,2-8,12H2,1H3. The van der Waals surface area contributed by atoms with Gasteiger partial charge >= 0.3 is 0 Å². The molecule has 0 saturated carbocycles. The van der Waals surface area contributed by atoms with Crippen molar-refractivity contribution in [3.8, 4) is 0 Å². The predicted octanol–water partition coefficient (Wildman–Crippen LogP) is 1.46. The topological polar surface area (TPSA) is 29.3 Å². The zero-order valence-corrected chi connectivity index (χ0v) is 8.71. The lowest BCUT2D eigenvalue weighted by Gasteiger charge is -2.45. The monoisotopic (exact) mass is 182 g/mol. The molecule has 13 heavy (non-hydrogen) atoms. The van der Waals surface area contributed by atoms with Crippen LogP contribution in [0.5, 0.6) is 0 Å². The van der Waals surface area contributed by atoms with Crippen molar-refractivity contribution < 1.29 is 0 Å². The van der Waals surface area contributed by atoms with Gasteiger partial charge in [0.15, 0.2) is 0 Å². The molecule has 2 heteroatoms. The zero-order valence-electron chi connectivity index (χ0n) is 8.71. The van der Waals surface area contributed by atoms with Crippen LogP contribution in [0, 0.1) is 11.8 Å². The number of fused-ring (bicyclic) bond motifs is 3. The molecule has 3 aliphatic heterocycles. The zero-order chi connectivity index (χ0) is 9.26. The van der Waals surface area contributed by atoms with Crippen LogP contribution in [0.2, 0.25) is 0 Å². The Balaban J connectivity index is 1.86. The summed E-state index contributed by atoms with van der Waals surface area (Å²) >= 11 is 0. The van der Waals surface area contributed by atoms with Crippen LogP contribution in [-0.4, -0.2) is 30.6 Å². The van der Waals surface area contributed by atoms with E-state index in [1.54, 1.807) is 0 Å². The van der Waals surface area contributed by atoms with Gasteiger partial charge in [0, 0.05) is 12.6 Å². The first-order valence-corrected chi connectivity index (χ1v) is 5.77. The maximum atomic E-state index is 6.02. The molecule has 2 bridgehead atoms. The highest BCUT2D eigenvalue weighted by Crippen LogP contribution is 2.34. The number of nitrogens with zero attached hydrogens (tertiary/aromatic N) is 1. The molecule has 0 aromatic rings. The molecule has 0 aromatic heterocycles. The summed E-state index contributed by atoms with van der Waals surface area (Å²) in [5.74, 6) is 1.92. The quantitative estimate of drug-likeness (QED) is 0.716. The summed E-state index contributed by atoms with van der Waals surface area (Å²) in [6.07, 6.45) is 5.27. The minimum absolute atomic E-state index is 0.450. The summed E-state index contributed by atoms with van der Waals surface area (Å²) < 4.78 is 0. The lowest BCUT2D eigenvalue weighted by atomic mass is 9.76. The molecular formula is C11H22N2.